The molecule has 0 aliphatic rings. The van der Waals surface area contributed by atoms with Crippen LogP contribution in [0.1, 0.15) is 11.1 Å². The van der Waals surface area contributed by atoms with Crippen LogP contribution in [0.4, 0.5) is 5.69 Å². The smallest absolute Gasteiger partial charge is 0.104 e. The van der Waals surface area contributed by atoms with Crippen LogP contribution < -0.4 is 5.73 Å². The lowest BCUT2D eigenvalue weighted by Gasteiger charge is -1.95. The molecule has 0 spiro atoms. The van der Waals surface area contributed by atoms with Crippen LogP contribution in [0, 0.1) is 18.3 Å². The number of hydrogen-bond donors (Lipinski definition) is 1. The van der Waals surface area contributed by atoms with Crippen LogP contribution in [0.2, 0.25) is 0 Å². The zero-order valence-corrected chi connectivity index (χ0v) is 7.28. The summed E-state index contributed by atoms with van der Waals surface area (Å²) in [5.74, 6) is 0. The fourth-order valence-electron chi connectivity index (χ4n) is 1.41. The quantitative estimate of drug-likeness (QED) is 0.655. The Balaban J connectivity index is 2.91. The molecular weight excluding hydrogens is 162 g/mol. The number of aromatic nitrogens is 1. The molecule has 3 nitrogen and oxygen atoms in total. The van der Waals surface area contributed by atoms with Crippen molar-refractivity contribution in [3.05, 3.63) is 35.7 Å². The highest BCUT2D eigenvalue weighted by Gasteiger charge is 2.06. The lowest BCUT2D eigenvalue weighted by molar-refractivity contribution is 1.18. The van der Waals surface area contributed by atoms with Crippen molar-refractivity contribution in [3.63, 3.8) is 0 Å². The number of pyridine rings is 1. The lowest BCUT2D eigenvalue weighted by Crippen LogP contribution is -1.84. The number of nitrogens with two attached hydrogens (primary N) is 1. The van der Waals surface area contributed by atoms with Gasteiger partial charge in [-0.25, -0.2) is 0 Å². The molecule has 0 amide bonds. The van der Waals surface area contributed by atoms with Crippen LogP contribution in [0.15, 0.2) is 24.5 Å². The van der Waals surface area contributed by atoms with E-state index in [4.69, 9.17) is 11.0 Å². The molecule has 0 atom stereocenters. The number of nitrogens with zero attached hydrogens (tertiary/aromatic N) is 2. The predicted octanol–water partition coefficient (Wildman–Crippen LogP) is 1.70. The minimum Gasteiger partial charge on any atom is -0.396 e. The Morgan fingerprint density at radius 2 is 2.31 bits per heavy atom. The van der Waals surface area contributed by atoms with Gasteiger partial charge >= 0.3 is 0 Å². The van der Waals surface area contributed by atoms with E-state index >= 15 is 0 Å². The Morgan fingerprint density at radius 1 is 1.54 bits per heavy atom. The molecule has 2 heterocycles. The van der Waals surface area contributed by atoms with Gasteiger partial charge in [0.15, 0.2) is 0 Å². The van der Waals surface area contributed by atoms with E-state index in [0.717, 1.165) is 11.1 Å². The van der Waals surface area contributed by atoms with Crippen LogP contribution in [0.3, 0.4) is 0 Å². The summed E-state index contributed by atoms with van der Waals surface area (Å²) < 4.78 is 1.86. The fourth-order valence-corrected chi connectivity index (χ4v) is 1.41. The van der Waals surface area contributed by atoms with Crippen molar-refractivity contribution in [1.29, 1.82) is 5.26 Å². The molecule has 0 aromatic carbocycles. The molecule has 64 valence electrons. The molecule has 3 heteroatoms. The van der Waals surface area contributed by atoms with Crippen LogP contribution in [0.25, 0.3) is 5.52 Å². The van der Waals surface area contributed by atoms with Gasteiger partial charge in [-0.15, -0.1) is 0 Å². The normalized spacial score (nSPS) is 10.2. The molecule has 0 bridgehead atoms. The van der Waals surface area contributed by atoms with E-state index in [1.807, 2.05) is 29.7 Å². The Hall–Kier alpha value is -1.95. The first-order chi connectivity index (χ1) is 6.22. The summed E-state index contributed by atoms with van der Waals surface area (Å²) in [4.78, 5) is 0. The Bertz CT molecular complexity index is 503. The van der Waals surface area contributed by atoms with Gasteiger partial charge in [0.25, 0.3) is 0 Å². The topological polar surface area (TPSA) is 54.2 Å². The Morgan fingerprint density at radius 3 is 3.00 bits per heavy atom. The molecule has 0 fully saturated rings. The van der Waals surface area contributed by atoms with Gasteiger partial charge in [-0.3, -0.25) is 0 Å². The van der Waals surface area contributed by atoms with Gasteiger partial charge in [-0.2, -0.15) is 5.26 Å². The number of rotatable bonds is 0. The number of hydrogen-bond acceptors (Lipinski definition) is 2. The van der Waals surface area contributed by atoms with Crippen molar-refractivity contribution in [1.82, 2.24) is 4.40 Å². The van der Waals surface area contributed by atoms with Crippen molar-refractivity contribution in [2.24, 2.45) is 0 Å². The maximum absolute atomic E-state index is 8.85. The predicted molar refractivity (Wildman–Crippen MR) is 51.3 cm³/mol. The SMILES string of the molecule is Cc1ccn2cc(N)c(C#N)c2c1. The molecule has 0 aliphatic heterocycles. The minimum atomic E-state index is 0.535. The highest BCUT2D eigenvalue weighted by Crippen LogP contribution is 2.20. The van der Waals surface area contributed by atoms with Crippen molar-refractivity contribution >= 4 is 11.2 Å². The number of fused-ring (bicyclic) bond motifs is 1. The van der Waals surface area contributed by atoms with E-state index in [-0.39, 0.29) is 0 Å². The van der Waals surface area contributed by atoms with Crippen LogP contribution in [-0.2, 0) is 0 Å². The fraction of sp³-hybridized carbons (Fsp3) is 0.100. The molecule has 0 saturated heterocycles. The molecular formula is C10H9N3. The Kier molecular flexibility index (Phi) is 1.49. The zero-order chi connectivity index (χ0) is 9.42. The number of anilines is 1. The second kappa shape index (κ2) is 2.53. The van der Waals surface area contributed by atoms with Gasteiger partial charge in [0.1, 0.15) is 11.6 Å². The standard InChI is InChI=1S/C10H9N3/c1-7-2-3-13-6-9(12)8(5-11)10(13)4-7/h2-4,6H,12H2,1H3. The van der Waals surface area contributed by atoms with Crippen molar-refractivity contribution in [2.45, 2.75) is 6.92 Å². The third-order valence-electron chi connectivity index (χ3n) is 2.08. The molecule has 13 heavy (non-hydrogen) atoms. The maximum atomic E-state index is 8.85. The molecule has 2 rings (SSSR count). The van der Waals surface area contributed by atoms with Gasteiger partial charge in [0.05, 0.1) is 11.2 Å². The zero-order valence-electron chi connectivity index (χ0n) is 7.28. The van der Waals surface area contributed by atoms with Crippen molar-refractivity contribution in [2.75, 3.05) is 5.73 Å². The summed E-state index contributed by atoms with van der Waals surface area (Å²) in [5.41, 5.74) is 8.77. The average molecular weight is 171 g/mol. The average Bonchev–Trinajstić information content (AvgIpc) is 2.40. The monoisotopic (exact) mass is 171 g/mol. The van der Waals surface area contributed by atoms with Crippen molar-refractivity contribution in [3.8, 4) is 6.07 Å². The van der Waals surface area contributed by atoms with E-state index in [9.17, 15) is 0 Å². The summed E-state index contributed by atoms with van der Waals surface area (Å²) in [6, 6.07) is 6.03. The summed E-state index contributed by atoms with van der Waals surface area (Å²) in [5, 5.41) is 8.85. The van der Waals surface area contributed by atoms with E-state index < -0.39 is 0 Å². The largest absolute Gasteiger partial charge is 0.396 e. The van der Waals surface area contributed by atoms with Gasteiger partial charge in [0.2, 0.25) is 0 Å². The number of nitriles is 1. The van der Waals surface area contributed by atoms with E-state index in [0.29, 0.717) is 11.3 Å². The first-order valence-electron chi connectivity index (χ1n) is 3.99. The molecule has 0 unspecified atom stereocenters. The lowest BCUT2D eigenvalue weighted by atomic mass is 10.2. The summed E-state index contributed by atoms with van der Waals surface area (Å²) in [6.45, 7) is 1.99. The summed E-state index contributed by atoms with van der Waals surface area (Å²) >= 11 is 0. The molecule has 0 radical (unpaired) electrons. The number of nitrogen functional groups attached to an aromatic ring is 1. The van der Waals surface area contributed by atoms with Gasteiger partial charge in [0, 0.05) is 12.4 Å². The highest BCUT2D eigenvalue weighted by atomic mass is 14.9. The number of aryl methyl sites for hydroxylation is 1. The van der Waals surface area contributed by atoms with Gasteiger partial charge < -0.3 is 10.1 Å². The van der Waals surface area contributed by atoms with Crippen molar-refractivity contribution < 1.29 is 0 Å². The van der Waals surface area contributed by atoms with Crippen LogP contribution in [0.5, 0.6) is 0 Å². The van der Waals surface area contributed by atoms with E-state index in [2.05, 4.69) is 6.07 Å². The highest BCUT2D eigenvalue weighted by molar-refractivity contribution is 5.73. The van der Waals surface area contributed by atoms with Gasteiger partial charge in [-0.05, 0) is 24.6 Å². The molecule has 0 aliphatic carbocycles. The molecule has 0 saturated carbocycles. The molecule has 2 N–H and O–H groups in total. The third-order valence-corrected chi connectivity index (χ3v) is 2.08. The molecule has 2 aromatic rings. The first-order valence-corrected chi connectivity index (χ1v) is 3.99. The second-order valence-corrected chi connectivity index (χ2v) is 3.07. The van der Waals surface area contributed by atoms with E-state index in [1.54, 1.807) is 6.20 Å². The van der Waals surface area contributed by atoms with Gasteiger partial charge in [-0.1, -0.05) is 0 Å². The van der Waals surface area contributed by atoms with Crippen LogP contribution >= 0.6 is 0 Å². The third kappa shape index (κ3) is 1.04. The Labute approximate surface area is 76.0 Å². The second-order valence-electron chi connectivity index (χ2n) is 3.07. The summed E-state index contributed by atoms with van der Waals surface area (Å²) in [6.07, 6.45) is 3.66. The first kappa shape index (κ1) is 7.69. The molecule has 2 aromatic heterocycles. The van der Waals surface area contributed by atoms with E-state index in [1.165, 1.54) is 0 Å². The summed E-state index contributed by atoms with van der Waals surface area (Å²) in [7, 11) is 0. The minimum absolute atomic E-state index is 0.535. The maximum Gasteiger partial charge on any atom is 0.104 e. The van der Waals surface area contributed by atoms with Crippen LogP contribution in [-0.4, -0.2) is 4.40 Å².